The van der Waals surface area contributed by atoms with Gasteiger partial charge >= 0.3 is 5.97 Å². The number of fused-ring (bicyclic) bond motifs is 1. The van der Waals surface area contributed by atoms with E-state index in [4.69, 9.17) is 4.74 Å². The van der Waals surface area contributed by atoms with E-state index < -0.39 is 12.1 Å². The Morgan fingerprint density at radius 2 is 1.79 bits per heavy atom. The number of ketones is 1. The highest BCUT2D eigenvalue weighted by molar-refractivity contribution is 6.10. The van der Waals surface area contributed by atoms with E-state index in [0.717, 1.165) is 10.9 Å². The monoisotopic (exact) mass is 373 g/mol. The van der Waals surface area contributed by atoms with Crippen LogP contribution in [0.4, 0.5) is 0 Å². The van der Waals surface area contributed by atoms with Gasteiger partial charge in [-0.3, -0.25) is 9.48 Å². The number of aromatic amines is 1. The highest BCUT2D eigenvalue weighted by Gasteiger charge is 2.29. The highest BCUT2D eigenvalue weighted by Crippen LogP contribution is 2.28. The zero-order chi connectivity index (χ0) is 19.7. The van der Waals surface area contributed by atoms with Crippen LogP contribution in [-0.2, 0) is 11.8 Å². The number of rotatable bonds is 5. The van der Waals surface area contributed by atoms with Crippen molar-refractivity contribution in [2.24, 2.45) is 7.05 Å². The smallest absolute Gasteiger partial charge is 0.357 e. The summed E-state index contributed by atoms with van der Waals surface area (Å²) in [6.45, 7) is 1.79. The van der Waals surface area contributed by atoms with E-state index in [1.165, 1.54) is 4.68 Å². The first-order valence-corrected chi connectivity index (χ1v) is 8.91. The van der Waals surface area contributed by atoms with Gasteiger partial charge in [0.25, 0.3) is 0 Å². The van der Waals surface area contributed by atoms with Gasteiger partial charge in [0.1, 0.15) is 5.69 Å². The molecule has 28 heavy (non-hydrogen) atoms. The number of H-pyrrole nitrogens is 1. The van der Waals surface area contributed by atoms with Gasteiger partial charge in [-0.05, 0) is 19.1 Å². The SMILES string of the molecule is Cc1cc(C(=O)O[C@@H](C(=O)c2c[nH]c3ccccc23)c2ccccc2)n(C)n1. The minimum Gasteiger partial charge on any atom is -0.444 e. The van der Waals surface area contributed by atoms with Crippen molar-refractivity contribution in [2.75, 3.05) is 0 Å². The number of hydrogen-bond acceptors (Lipinski definition) is 4. The molecular formula is C22H19N3O3. The summed E-state index contributed by atoms with van der Waals surface area (Å²) in [6.07, 6.45) is 0.605. The van der Waals surface area contributed by atoms with Gasteiger partial charge in [-0.2, -0.15) is 5.10 Å². The number of Topliss-reactive ketones (excluding diaryl/α,β-unsaturated/α-hetero) is 1. The summed E-state index contributed by atoms with van der Waals surface area (Å²) in [4.78, 5) is 29.2. The Hall–Kier alpha value is -3.67. The second kappa shape index (κ2) is 7.15. The van der Waals surface area contributed by atoms with Crippen LogP contribution < -0.4 is 0 Å². The van der Waals surface area contributed by atoms with Gasteiger partial charge in [-0.1, -0.05) is 48.5 Å². The summed E-state index contributed by atoms with van der Waals surface area (Å²) in [5.74, 6) is -0.874. The Balaban J connectivity index is 1.73. The molecular weight excluding hydrogens is 354 g/mol. The number of carbonyl (C=O) groups excluding carboxylic acids is 2. The lowest BCUT2D eigenvalue weighted by molar-refractivity contribution is 0.0270. The Morgan fingerprint density at radius 1 is 1.07 bits per heavy atom. The molecule has 0 bridgehead atoms. The third-order valence-electron chi connectivity index (χ3n) is 4.63. The summed E-state index contributed by atoms with van der Waals surface area (Å²) < 4.78 is 7.14. The molecule has 4 rings (SSSR count). The Kier molecular flexibility index (Phi) is 4.53. The summed E-state index contributed by atoms with van der Waals surface area (Å²) in [6, 6.07) is 18.2. The fraction of sp³-hybridized carbons (Fsp3) is 0.136. The first-order chi connectivity index (χ1) is 13.5. The van der Waals surface area contributed by atoms with Gasteiger partial charge in [0, 0.05) is 35.3 Å². The van der Waals surface area contributed by atoms with E-state index in [-0.39, 0.29) is 5.78 Å². The molecule has 6 nitrogen and oxygen atoms in total. The molecule has 2 aromatic heterocycles. The number of nitrogens with one attached hydrogen (secondary N) is 1. The van der Waals surface area contributed by atoms with Crippen LogP contribution in [0, 0.1) is 6.92 Å². The van der Waals surface area contributed by atoms with E-state index in [2.05, 4.69) is 10.1 Å². The van der Waals surface area contributed by atoms with Crippen LogP contribution in [0.15, 0.2) is 66.9 Å². The zero-order valence-corrected chi connectivity index (χ0v) is 15.5. The van der Waals surface area contributed by atoms with Crippen LogP contribution in [0.2, 0.25) is 0 Å². The van der Waals surface area contributed by atoms with Gasteiger partial charge in [-0.15, -0.1) is 0 Å². The molecule has 0 amide bonds. The summed E-state index contributed by atoms with van der Waals surface area (Å²) in [5, 5.41) is 4.97. The number of aromatic nitrogens is 3. The summed E-state index contributed by atoms with van der Waals surface area (Å²) >= 11 is 0. The number of nitrogens with zero attached hydrogens (tertiary/aromatic N) is 2. The third-order valence-corrected chi connectivity index (χ3v) is 4.63. The molecule has 6 heteroatoms. The van der Waals surface area contributed by atoms with Crippen LogP contribution in [0.3, 0.4) is 0 Å². The van der Waals surface area contributed by atoms with Gasteiger partial charge in [-0.25, -0.2) is 4.79 Å². The molecule has 0 aliphatic heterocycles. The second-order valence-corrected chi connectivity index (χ2v) is 6.60. The molecule has 0 fully saturated rings. The van der Waals surface area contributed by atoms with Crippen molar-refractivity contribution in [1.29, 1.82) is 0 Å². The normalized spacial score (nSPS) is 12.1. The van der Waals surface area contributed by atoms with Crippen LogP contribution in [0.1, 0.15) is 38.2 Å². The maximum atomic E-state index is 13.4. The number of ether oxygens (including phenoxy) is 1. The van der Waals surface area contributed by atoms with Gasteiger partial charge < -0.3 is 9.72 Å². The third kappa shape index (κ3) is 3.20. The first-order valence-electron chi connectivity index (χ1n) is 8.91. The molecule has 0 unspecified atom stereocenters. The van der Waals surface area contributed by atoms with Crippen LogP contribution in [0.25, 0.3) is 10.9 Å². The van der Waals surface area contributed by atoms with E-state index in [9.17, 15) is 9.59 Å². The average molecular weight is 373 g/mol. The standard InChI is InChI=1S/C22H19N3O3/c1-14-12-19(25(2)24-14)22(27)28-21(15-8-4-3-5-9-15)20(26)17-13-23-18-11-7-6-10-16(17)18/h3-13,21,23H,1-2H3/t21-/m1/s1. The van der Waals surface area contributed by atoms with E-state index in [1.54, 1.807) is 38.4 Å². The molecule has 2 aromatic carbocycles. The minimum absolute atomic E-state index is 0.282. The van der Waals surface area contributed by atoms with Crippen molar-refractivity contribution in [2.45, 2.75) is 13.0 Å². The number of carbonyl (C=O) groups is 2. The fourth-order valence-corrected chi connectivity index (χ4v) is 3.29. The molecule has 4 aromatic rings. The highest BCUT2D eigenvalue weighted by atomic mass is 16.5. The lowest BCUT2D eigenvalue weighted by atomic mass is 9.99. The van der Waals surface area contributed by atoms with Gasteiger partial charge in [0.15, 0.2) is 6.10 Å². The molecule has 2 heterocycles. The lowest BCUT2D eigenvalue weighted by Gasteiger charge is -2.17. The van der Waals surface area contributed by atoms with Crippen molar-refractivity contribution >= 4 is 22.7 Å². The van der Waals surface area contributed by atoms with Crippen LogP contribution in [-0.4, -0.2) is 26.5 Å². The number of para-hydroxylation sites is 1. The molecule has 0 aliphatic rings. The maximum absolute atomic E-state index is 13.4. The maximum Gasteiger partial charge on any atom is 0.357 e. The Bertz CT molecular complexity index is 1160. The van der Waals surface area contributed by atoms with Crippen molar-refractivity contribution in [1.82, 2.24) is 14.8 Å². The van der Waals surface area contributed by atoms with Crippen molar-refractivity contribution < 1.29 is 14.3 Å². The summed E-state index contributed by atoms with van der Waals surface area (Å²) in [7, 11) is 1.67. The Morgan fingerprint density at radius 3 is 2.50 bits per heavy atom. The Labute approximate surface area is 161 Å². The van der Waals surface area contributed by atoms with Crippen LogP contribution >= 0.6 is 0 Å². The van der Waals surface area contributed by atoms with E-state index in [0.29, 0.717) is 22.5 Å². The molecule has 0 spiro atoms. The van der Waals surface area contributed by atoms with Gasteiger partial charge in [0.05, 0.1) is 5.69 Å². The van der Waals surface area contributed by atoms with Crippen molar-refractivity contribution in [3.63, 3.8) is 0 Å². The lowest BCUT2D eigenvalue weighted by Crippen LogP contribution is -2.21. The topological polar surface area (TPSA) is 77.0 Å². The molecule has 140 valence electrons. The average Bonchev–Trinajstić information content (AvgIpc) is 3.28. The fourth-order valence-electron chi connectivity index (χ4n) is 3.29. The molecule has 0 saturated heterocycles. The van der Waals surface area contributed by atoms with Gasteiger partial charge in [0.2, 0.25) is 5.78 Å². The number of hydrogen-bond donors (Lipinski definition) is 1. The molecule has 0 aliphatic carbocycles. The largest absolute Gasteiger partial charge is 0.444 e. The molecule has 1 atom stereocenters. The van der Waals surface area contributed by atoms with E-state index >= 15 is 0 Å². The molecule has 0 saturated carbocycles. The number of aryl methyl sites for hydroxylation is 2. The number of esters is 1. The molecule has 1 N–H and O–H groups in total. The predicted octanol–water partition coefficient (Wildman–Crippen LogP) is 3.99. The van der Waals surface area contributed by atoms with Crippen LogP contribution in [0.5, 0.6) is 0 Å². The molecule has 0 radical (unpaired) electrons. The quantitative estimate of drug-likeness (QED) is 0.424. The second-order valence-electron chi connectivity index (χ2n) is 6.60. The zero-order valence-electron chi connectivity index (χ0n) is 15.5. The first kappa shape index (κ1) is 17.7. The predicted molar refractivity (Wildman–Crippen MR) is 105 cm³/mol. The van der Waals surface area contributed by atoms with Crippen molar-refractivity contribution in [3.05, 3.63) is 89.4 Å². The summed E-state index contributed by atoms with van der Waals surface area (Å²) in [5.41, 5.74) is 2.95. The minimum atomic E-state index is -1.05. The van der Waals surface area contributed by atoms with Crippen molar-refractivity contribution in [3.8, 4) is 0 Å². The number of benzene rings is 2. The van der Waals surface area contributed by atoms with E-state index in [1.807, 2.05) is 42.5 Å².